The highest BCUT2D eigenvalue weighted by Gasteiger charge is 2.01. The van der Waals surface area contributed by atoms with Crippen molar-refractivity contribution in [3.63, 3.8) is 0 Å². The van der Waals surface area contributed by atoms with E-state index >= 15 is 0 Å². The molecule has 0 nitrogen and oxygen atoms in total. The van der Waals surface area contributed by atoms with Gasteiger partial charge >= 0.3 is 0 Å². The van der Waals surface area contributed by atoms with Crippen LogP contribution in [0.3, 0.4) is 0 Å². The number of thiol groups is 1. The number of hydrogen-bond acceptors (Lipinski definition) is 1. The number of halogens is 3. The Morgan fingerprint density at radius 3 is 2.20 bits per heavy atom. The molecule has 0 amide bonds. The van der Waals surface area contributed by atoms with E-state index in [0.717, 1.165) is 4.47 Å². The first-order chi connectivity index (χ1) is 4.61. The van der Waals surface area contributed by atoms with Gasteiger partial charge in [0.25, 0.3) is 0 Å². The first kappa shape index (κ1) is 8.56. The van der Waals surface area contributed by atoms with E-state index in [1.807, 2.05) is 0 Å². The third kappa shape index (κ3) is 1.74. The summed E-state index contributed by atoms with van der Waals surface area (Å²) in [7, 11) is 0. The molecular weight excluding hydrogens is 283 g/mol. The van der Waals surface area contributed by atoms with Gasteiger partial charge in [0, 0.05) is 13.8 Å². The Kier molecular flexibility index (Phi) is 2.77. The van der Waals surface area contributed by atoms with Gasteiger partial charge in [-0.3, -0.25) is 0 Å². The SMILES string of the molecule is Fc1cc(Br)c(Br)cc1S. The van der Waals surface area contributed by atoms with Crippen molar-refractivity contribution >= 4 is 44.5 Å². The maximum absolute atomic E-state index is 12.6. The summed E-state index contributed by atoms with van der Waals surface area (Å²) in [6, 6.07) is 2.97. The molecule has 0 spiro atoms. The molecule has 0 saturated carbocycles. The zero-order valence-corrected chi connectivity index (χ0v) is 8.80. The normalized spacial score (nSPS) is 10.0. The van der Waals surface area contributed by atoms with Gasteiger partial charge in [-0.25, -0.2) is 4.39 Å². The smallest absolute Gasteiger partial charge is 0.137 e. The molecule has 4 heteroatoms. The molecule has 0 aliphatic carbocycles. The highest BCUT2D eigenvalue weighted by Crippen LogP contribution is 2.27. The van der Waals surface area contributed by atoms with Crippen molar-refractivity contribution in [2.24, 2.45) is 0 Å². The van der Waals surface area contributed by atoms with Gasteiger partial charge in [0.15, 0.2) is 0 Å². The lowest BCUT2D eigenvalue weighted by Gasteiger charge is -1.97. The van der Waals surface area contributed by atoms with Gasteiger partial charge in [0.1, 0.15) is 5.82 Å². The second kappa shape index (κ2) is 3.24. The van der Waals surface area contributed by atoms with Gasteiger partial charge in [-0.1, -0.05) is 0 Å². The summed E-state index contributed by atoms with van der Waals surface area (Å²) < 4.78 is 14.1. The van der Waals surface area contributed by atoms with Gasteiger partial charge in [-0.2, -0.15) is 0 Å². The summed E-state index contributed by atoms with van der Waals surface area (Å²) in [6.45, 7) is 0. The number of benzene rings is 1. The second-order valence-electron chi connectivity index (χ2n) is 1.72. The zero-order valence-electron chi connectivity index (χ0n) is 4.74. The Morgan fingerprint density at radius 2 is 1.70 bits per heavy atom. The fraction of sp³-hybridized carbons (Fsp3) is 0. The van der Waals surface area contributed by atoms with Crippen molar-refractivity contribution in [1.29, 1.82) is 0 Å². The third-order valence-electron chi connectivity index (χ3n) is 0.990. The molecule has 0 unspecified atom stereocenters. The van der Waals surface area contributed by atoms with E-state index in [1.54, 1.807) is 6.07 Å². The Morgan fingerprint density at radius 1 is 1.20 bits per heavy atom. The van der Waals surface area contributed by atoms with Gasteiger partial charge in [-0.05, 0) is 44.0 Å². The highest BCUT2D eigenvalue weighted by atomic mass is 79.9. The molecule has 0 aliphatic rings. The lowest BCUT2D eigenvalue weighted by molar-refractivity contribution is 0.601. The minimum Gasteiger partial charge on any atom is -0.206 e. The van der Waals surface area contributed by atoms with E-state index in [9.17, 15) is 4.39 Å². The number of hydrogen-bond donors (Lipinski definition) is 1. The van der Waals surface area contributed by atoms with Gasteiger partial charge in [0.2, 0.25) is 0 Å². The Bertz CT molecular complexity index is 212. The molecule has 0 atom stereocenters. The average Bonchev–Trinajstić information content (AvgIpc) is 1.84. The minimum atomic E-state index is -0.321. The maximum atomic E-state index is 12.6. The van der Waals surface area contributed by atoms with E-state index in [0.29, 0.717) is 9.37 Å². The molecule has 0 fully saturated rings. The molecule has 0 aromatic heterocycles. The van der Waals surface area contributed by atoms with Crippen LogP contribution in [0.5, 0.6) is 0 Å². The highest BCUT2D eigenvalue weighted by molar-refractivity contribution is 9.13. The quantitative estimate of drug-likeness (QED) is 0.546. The van der Waals surface area contributed by atoms with Crippen molar-refractivity contribution < 1.29 is 4.39 Å². The minimum absolute atomic E-state index is 0.321. The Balaban J connectivity index is 3.28. The van der Waals surface area contributed by atoms with Crippen LogP contribution < -0.4 is 0 Å². The van der Waals surface area contributed by atoms with Crippen molar-refractivity contribution in [3.8, 4) is 0 Å². The van der Waals surface area contributed by atoms with Crippen LogP contribution in [-0.4, -0.2) is 0 Å². The van der Waals surface area contributed by atoms with Crippen molar-refractivity contribution in [1.82, 2.24) is 0 Å². The van der Waals surface area contributed by atoms with Crippen LogP contribution in [0.2, 0.25) is 0 Å². The van der Waals surface area contributed by atoms with E-state index in [4.69, 9.17) is 0 Å². The summed E-state index contributed by atoms with van der Waals surface area (Å²) in [6.07, 6.45) is 0. The van der Waals surface area contributed by atoms with Gasteiger partial charge in [0.05, 0.1) is 0 Å². The molecular formula is C6H3Br2FS. The molecule has 0 bridgehead atoms. The molecule has 1 aromatic carbocycles. The molecule has 0 N–H and O–H groups in total. The van der Waals surface area contributed by atoms with Crippen LogP contribution in [0.1, 0.15) is 0 Å². The molecule has 10 heavy (non-hydrogen) atoms. The van der Waals surface area contributed by atoms with Crippen LogP contribution in [0.15, 0.2) is 26.0 Å². The predicted molar refractivity (Wildman–Crippen MR) is 49.1 cm³/mol. The fourth-order valence-corrected chi connectivity index (χ4v) is 1.54. The van der Waals surface area contributed by atoms with E-state index in [-0.39, 0.29) is 5.82 Å². The van der Waals surface area contributed by atoms with Gasteiger partial charge < -0.3 is 0 Å². The second-order valence-corrected chi connectivity index (χ2v) is 3.91. The van der Waals surface area contributed by atoms with Crippen molar-refractivity contribution in [2.75, 3.05) is 0 Å². The van der Waals surface area contributed by atoms with Crippen molar-refractivity contribution in [2.45, 2.75) is 4.90 Å². The summed E-state index contributed by atoms with van der Waals surface area (Å²) in [5, 5.41) is 0. The lowest BCUT2D eigenvalue weighted by atomic mass is 10.3. The molecule has 54 valence electrons. The Labute approximate surface area is 80.5 Å². The maximum Gasteiger partial charge on any atom is 0.137 e. The fourth-order valence-electron chi connectivity index (χ4n) is 0.512. The van der Waals surface area contributed by atoms with E-state index in [1.165, 1.54) is 6.07 Å². The molecule has 0 radical (unpaired) electrons. The summed E-state index contributed by atoms with van der Waals surface area (Å²) in [4.78, 5) is 0.343. The first-order valence-electron chi connectivity index (χ1n) is 2.45. The zero-order chi connectivity index (χ0) is 7.72. The van der Waals surface area contributed by atoms with Gasteiger partial charge in [-0.15, -0.1) is 12.6 Å². The van der Waals surface area contributed by atoms with Crippen LogP contribution in [0.4, 0.5) is 4.39 Å². The molecule has 0 aliphatic heterocycles. The summed E-state index contributed by atoms with van der Waals surface area (Å²) in [5.41, 5.74) is 0. The number of rotatable bonds is 0. The van der Waals surface area contributed by atoms with Crippen molar-refractivity contribution in [3.05, 3.63) is 26.9 Å². The molecule has 1 aromatic rings. The standard InChI is InChI=1S/C6H3Br2FS/c7-3-1-5(9)6(10)2-4(3)8/h1-2,10H. The van der Waals surface area contributed by atoms with E-state index < -0.39 is 0 Å². The van der Waals surface area contributed by atoms with Crippen LogP contribution in [0, 0.1) is 5.82 Å². The summed E-state index contributed by atoms with van der Waals surface area (Å²) in [5.74, 6) is -0.321. The molecule has 0 saturated heterocycles. The third-order valence-corrected chi connectivity index (χ3v) is 3.18. The average molecular weight is 286 g/mol. The topological polar surface area (TPSA) is 0 Å². The molecule has 0 heterocycles. The lowest BCUT2D eigenvalue weighted by Crippen LogP contribution is -1.78. The van der Waals surface area contributed by atoms with Crippen LogP contribution >= 0.6 is 44.5 Å². The van der Waals surface area contributed by atoms with E-state index in [2.05, 4.69) is 44.5 Å². The van der Waals surface area contributed by atoms with Crippen LogP contribution in [0.25, 0.3) is 0 Å². The first-order valence-corrected chi connectivity index (χ1v) is 4.48. The largest absolute Gasteiger partial charge is 0.206 e. The predicted octanol–water partition coefficient (Wildman–Crippen LogP) is 3.64. The Hall–Kier alpha value is 0.460. The summed E-state index contributed by atoms with van der Waals surface area (Å²) >= 11 is 10.3. The van der Waals surface area contributed by atoms with Crippen LogP contribution in [-0.2, 0) is 0 Å². The monoisotopic (exact) mass is 284 g/mol. The molecule has 1 rings (SSSR count).